The second-order valence-electron chi connectivity index (χ2n) is 8.05. The van der Waals surface area contributed by atoms with Gasteiger partial charge in [0.15, 0.2) is 0 Å². The van der Waals surface area contributed by atoms with Gasteiger partial charge in [0.1, 0.15) is 0 Å². The van der Waals surface area contributed by atoms with Crippen LogP contribution in [0.5, 0.6) is 0 Å². The van der Waals surface area contributed by atoms with Crippen LogP contribution < -0.4 is 0 Å². The maximum absolute atomic E-state index is 13.3. The first kappa shape index (κ1) is 22.3. The van der Waals surface area contributed by atoms with Crippen molar-refractivity contribution < 1.29 is 4.79 Å². The molecular weight excluding hydrogens is 384 g/mol. The normalized spacial score (nSPS) is 17.8. The monoisotopic (exact) mass is 414 g/mol. The lowest BCUT2D eigenvalue weighted by Gasteiger charge is -2.34. The van der Waals surface area contributed by atoms with Crippen molar-refractivity contribution in [2.45, 2.75) is 58.0 Å². The molecule has 0 bridgehead atoms. The second kappa shape index (κ2) is 10.1. The molecule has 1 atom stereocenters. The molecule has 1 unspecified atom stereocenters. The summed E-state index contributed by atoms with van der Waals surface area (Å²) in [5.74, 6) is 0.104. The Bertz CT molecular complexity index is 1020. The van der Waals surface area contributed by atoms with Crippen LogP contribution in [0.2, 0.25) is 0 Å². The van der Waals surface area contributed by atoms with E-state index >= 15 is 0 Å². The van der Waals surface area contributed by atoms with Crippen molar-refractivity contribution in [1.29, 1.82) is 5.26 Å². The van der Waals surface area contributed by atoms with E-state index in [-0.39, 0.29) is 11.9 Å². The van der Waals surface area contributed by atoms with E-state index in [9.17, 15) is 4.79 Å². The van der Waals surface area contributed by atoms with Crippen LogP contribution in [0.3, 0.4) is 0 Å². The number of carbonyl (C=O) groups is 1. The van der Waals surface area contributed by atoms with Gasteiger partial charge in [-0.25, -0.2) is 0 Å². The topological polar surface area (TPSA) is 72.8 Å². The molecule has 1 amide bonds. The van der Waals surface area contributed by atoms with Crippen LogP contribution in [0.15, 0.2) is 61.3 Å². The molecule has 1 N–H and O–H groups in total. The number of rotatable bonds is 5. The van der Waals surface area contributed by atoms with Crippen molar-refractivity contribution in [3.63, 3.8) is 0 Å². The van der Waals surface area contributed by atoms with Crippen LogP contribution in [0.4, 0.5) is 0 Å². The molecule has 0 radical (unpaired) electrons. The van der Waals surface area contributed by atoms with Gasteiger partial charge in [-0.3, -0.25) is 9.89 Å². The van der Waals surface area contributed by atoms with E-state index in [2.05, 4.69) is 34.3 Å². The average Bonchev–Trinajstić information content (AvgIpc) is 3.50. The Morgan fingerprint density at radius 1 is 1.19 bits per heavy atom. The SMILES string of the molecule is C=C/C(=C(\C)C#N)c1ccc(C(=O)N(C2CC2)C2CCc3[nH]ncc3C2)cc1.C=CC. The molecule has 2 aliphatic rings. The summed E-state index contributed by atoms with van der Waals surface area (Å²) in [6.45, 7) is 10.8. The molecule has 1 heterocycles. The molecule has 31 heavy (non-hydrogen) atoms. The Balaban J connectivity index is 0.000000858. The highest BCUT2D eigenvalue weighted by atomic mass is 16.2. The van der Waals surface area contributed by atoms with Crippen LogP contribution in [-0.2, 0) is 12.8 Å². The van der Waals surface area contributed by atoms with Crippen LogP contribution in [0.1, 0.15) is 60.3 Å². The highest BCUT2D eigenvalue weighted by Crippen LogP contribution is 2.34. The molecule has 1 saturated carbocycles. The van der Waals surface area contributed by atoms with Crippen LogP contribution in [0.25, 0.3) is 5.57 Å². The van der Waals surface area contributed by atoms with Gasteiger partial charge in [0.25, 0.3) is 5.91 Å². The number of nitriles is 1. The average molecular weight is 415 g/mol. The van der Waals surface area contributed by atoms with Gasteiger partial charge in [0, 0.05) is 28.9 Å². The number of amides is 1. The molecule has 160 valence electrons. The summed E-state index contributed by atoms with van der Waals surface area (Å²) in [6.07, 6.45) is 10.3. The van der Waals surface area contributed by atoms with Gasteiger partial charge in [-0.15, -0.1) is 6.58 Å². The van der Waals surface area contributed by atoms with Crippen molar-refractivity contribution in [2.75, 3.05) is 0 Å². The Morgan fingerprint density at radius 2 is 1.84 bits per heavy atom. The van der Waals surface area contributed by atoms with E-state index in [1.807, 2.05) is 37.4 Å². The first-order valence-corrected chi connectivity index (χ1v) is 10.8. The summed E-state index contributed by atoms with van der Waals surface area (Å²) in [7, 11) is 0. The van der Waals surface area contributed by atoms with Gasteiger partial charge in [-0.1, -0.05) is 30.9 Å². The first-order valence-electron chi connectivity index (χ1n) is 10.8. The minimum Gasteiger partial charge on any atom is -0.332 e. The fourth-order valence-corrected chi connectivity index (χ4v) is 4.11. The highest BCUT2D eigenvalue weighted by Gasteiger charge is 2.39. The van der Waals surface area contributed by atoms with Gasteiger partial charge in [-0.2, -0.15) is 10.4 Å². The zero-order valence-corrected chi connectivity index (χ0v) is 18.4. The lowest BCUT2D eigenvalue weighted by Crippen LogP contribution is -2.44. The van der Waals surface area contributed by atoms with E-state index in [4.69, 9.17) is 5.26 Å². The largest absolute Gasteiger partial charge is 0.332 e. The van der Waals surface area contributed by atoms with Gasteiger partial charge < -0.3 is 4.90 Å². The number of nitrogens with zero attached hydrogens (tertiary/aromatic N) is 3. The third-order valence-corrected chi connectivity index (χ3v) is 5.78. The summed E-state index contributed by atoms with van der Waals surface area (Å²) in [5, 5.41) is 16.4. The zero-order chi connectivity index (χ0) is 22.4. The quantitative estimate of drug-likeness (QED) is 0.413. The number of aromatic nitrogens is 2. The molecule has 1 aromatic heterocycles. The summed E-state index contributed by atoms with van der Waals surface area (Å²) < 4.78 is 0. The number of hydrogen-bond donors (Lipinski definition) is 1. The third-order valence-electron chi connectivity index (χ3n) is 5.78. The zero-order valence-electron chi connectivity index (χ0n) is 18.4. The standard InChI is InChI=1S/C23H24N4O.C3H6/c1-3-21(15(2)13-24)16-4-6-17(7-5-16)23(28)27(19-8-9-19)20-10-11-22-18(12-20)14-25-26-22;1-3-2/h3-7,14,19-20H,1,8-12H2,2H3,(H,25,26);3H,1H2,2H3/b21-15-;. The fourth-order valence-electron chi connectivity index (χ4n) is 4.11. The minimum absolute atomic E-state index is 0.104. The number of carbonyl (C=O) groups excluding carboxylic acids is 1. The predicted octanol–water partition coefficient (Wildman–Crippen LogP) is 5.25. The number of allylic oxidation sites excluding steroid dienone is 4. The van der Waals surface area contributed by atoms with E-state index in [1.165, 1.54) is 11.3 Å². The Labute approximate surface area is 184 Å². The number of aryl methyl sites for hydroxylation is 1. The van der Waals surface area contributed by atoms with E-state index in [1.54, 1.807) is 19.1 Å². The summed E-state index contributed by atoms with van der Waals surface area (Å²) in [4.78, 5) is 15.4. The third kappa shape index (κ3) is 5.03. The van der Waals surface area contributed by atoms with Crippen LogP contribution in [-0.4, -0.2) is 33.1 Å². The van der Waals surface area contributed by atoms with Crippen molar-refractivity contribution >= 4 is 11.5 Å². The predicted molar refractivity (Wildman–Crippen MR) is 124 cm³/mol. The summed E-state index contributed by atoms with van der Waals surface area (Å²) >= 11 is 0. The van der Waals surface area contributed by atoms with Gasteiger partial charge in [0.05, 0.1) is 12.3 Å². The Kier molecular flexibility index (Phi) is 7.25. The lowest BCUT2D eigenvalue weighted by molar-refractivity contribution is 0.0643. The van der Waals surface area contributed by atoms with E-state index < -0.39 is 0 Å². The van der Waals surface area contributed by atoms with Crippen LogP contribution in [0, 0.1) is 11.3 Å². The van der Waals surface area contributed by atoms with E-state index in [0.29, 0.717) is 17.2 Å². The van der Waals surface area contributed by atoms with Gasteiger partial charge in [0.2, 0.25) is 0 Å². The molecule has 2 aliphatic carbocycles. The highest BCUT2D eigenvalue weighted by molar-refractivity contribution is 5.95. The molecule has 1 fully saturated rings. The molecule has 5 nitrogen and oxygen atoms in total. The molecule has 4 rings (SSSR count). The minimum atomic E-state index is 0.104. The van der Waals surface area contributed by atoms with Crippen molar-refractivity contribution in [1.82, 2.24) is 15.1 Å². The van der Waals surface area contributed by atoms with Gasteiger partial charge >= 0.3 is 0 Å². The van der Waals surface area contributed by atoms with E-state index in [0.717, 1.165) is 43.2 Å². The number of hydrogen-bond acceptors (Lipinski definition) is 3. The Morgan fingerprint density at radius 3 is 2.42 bits per heavy atom. The molecule has 5 heteroatoms. The maximum Gasteiger partial charge on any atom is 0.254 e. The Hall–Kier alpha value is -3.39. The maximum atomic E-state index is 13.3. The summed E-state index contributed by atoms with van der Waals surface area (Å²) in [5.41, 5.74) is 5.47. The summed E-state index contributed by atoms with van der Waals surface area (Å²) in [6, 6.07) is 10.3. The second-order valence-corrected chi connectivity index (χ2v) is 8.05. The number of H-pyrrole nitrogens is 1. The number of aromatic amines is 1. The van der Waals surface area contributed by atoms with Crippen molar-refractivity contribution in [3.8, 4) is 6.07 Å². The number of nitrogens with one attached hydrogen (secondary N) is 1. The number of fused-ring (bicyclic) bond motifs is 1. The smallest absolute Gasteiger partial charge is 0.254 e. The van der Waals surface area contributed by atoms with Crippen molar-refractivity contribution in [2.24, 2.45) is 0 Å². The molecule has 1 aromatic carbocycles. The van der Waals surface area contributed by atoms with Crippen molar-refractivity contribution in [3.05, 3.63) is 83.7 Å². The molecule has 0 aliphatic heterocycles. The first-order chi connectivity index (χ1) is 15.0. The number of benzene rings is 1. The molecular formula is C26H30N4O. The molecule has 0 spiro atoms. The van der Waals surface area contributed by atoms with Crippen LogP contribution >= 0.6 is 0 Å². The lowest BCUT2D eigenvalue weighted by atomic mass is 9.91. The molecule has 2 aromatic rings. The molecule has 0 saturated heterocycles. The van der Waals surface area contributed by atoms with Gasteiger partial charge in [-0.05, 0) is 74.8 Å². The fraction of sp³-hybridized carbons (Fsp3) is 0.346.